The summed E-state index contributed by atoms with van der Waals surface area (Å²) in [5.74, 6) is 0.608. The van der Waals surface area contributed by atoms with Crippen molar-refractivity contribution in [2.75, 3.05) is 5.75 Å². The minimum absolute atomic E-state index is 0.233. The summed E-state index contributed by atoms with van der Waals surface area (Å²) in [6.07, 6.45) is 1.27. The van der Waals surface area contributed by atoms with E-state index in [1.54, 1.807) is 6.92 Å². The fourth-order valence-corrected chi connectivity index (χ4v) is 1.32. The lowest BCUT2D eigenvalue weighted by atomic mass is 10.5. The van der Waals surface area contributed by atoms with Gasteiger partial charge in [0.05, 0.1) is 0 Å². The van der Waals surface area contributed by atoms with Gasteiger partial charge in [0.25, 0.3) is 5.56 Å². The van der Waals surface area contributed by atoms with Gasteiger partial charge in [-0.1, -0.05) is 11.8 Å². The average molecular weight is 199 g/mol. The highest BCUT2D eigenvalue weighted by atomic mass is 32.2. The Hall–Kier alpha value is -1.17. The van der Waals surface area contributed by atoms with Gasteiger partial charge in [-0.2, -0.15) is 0 Å². The van der Waals surface area contributed by atoms with E-state index in [1.807, 2.05) is 0 Å². The van der Waals surface area contributed by atoms with Gasteiger partial charge in [0.1, 0.15) is 12.0 Å². The zero-order valence-corrected chi connectivity index (χ0v) is 7.93. The van der Waals surface area contributed by atoms with Gasteiger partial charge in [-0.05, 0) is 6.92 Å². The van der Waals surface area contributed by atoms with Gasteiger partial charge in [-0.3, -0.25) is 9.78 Å². The maximum Gasteiger partial charge on any atom is 0.273 e. The summed E-state index contributed by atoms with van der Waals surface area (Å²) in [5.41, 5.74) is 0.114. The molecule has 70 valence electrons. The molecule has 13 heavy (non-hydrogen) atoms. The molecule has 1 aromatic heterocycles. The monoisotopic (exact) mass is 199 g/mol. The van der Waals surface area contributed by atoms with E-state index in [1.165, 1.54) is 11.8 Å². The van der Waals surface area contributed by atoms with Crippen molar-refractivity contribution in [3.63, 3.8) is 0 Å². The third-order valence-corrected chi connectivity index (χ3v) is 2.21. The predicted octanol–water partition coefficient (Wildman–Crippen LogP) is 0.154. The molecule has 0 aliphatic heterocycles. The van der Waals surface area contributed by atoms with Gasteiger partial charge >= 0.3 is 0 Å². The molecule has 0 aromatic carbocycles. The maximum absolute atomic E-state index is 11.0. The maximum atomic E-state index is 11.0. The first-order chi connectivity index (χ1) is 6.24. The Morgan fingerprint density at radius 3 is 2.92 bits per heavy atom. The van der Waals surface area contributed by atoms with Gasteiger partial charge in [-0.25, -0.2) is 0 Å². The number of aromatic nitrogens is 3. The van der Waals surface area contributed by atoms with Crippen LogP contribution in [0.5, 0.6) is 0 Å². The Balaban J connectivity index is 2.63. The summed E-state index contributed by atoms with van der Waals surface area (Å²) in [6, 6.07) is 0. The van der Waals surface area contributed by atoms with Crippen LogP contribution < -0.4 is 5.56 Å². The molecule has 0 atom stereocenters. The molecule has 1 aromatic rings. The summed E-state index contributed by atoms with van der Waals surface area (Å²) in [5, 5.41) is 7.86. The molecule has 0 radical (unpaired) electrons. The molecule has 0 amide bonds. The number of nitrogens with one attached hydrogen (secondary N) is 1. The molecule has 0 saturated heterocycles. The number of carbonyl (C=O) groups excluding carboxylic acids is 1. The molecular formula is C7H9N3O2S. The topological polar surface area (TPSA) is 75.7 Å². The molecule has 1 rings (SSSR count). The Kier molecular flexibility index (Phi) is 3.63. The number of aldehydes is 1. The zero-order chi connectivity index (χ0) is 9.68. The first kappa shape index (κ1) is 9.91. The highest BCUT2D eigenvalue weighted by Crippen LogP contribution is 2.09. The van der Waals surface area contributed by atoms with Crippen molar-refractivity contribution in [3.8, 4) is 0 Å². The SMILES string of the molecule is Cc1nnc(SCCC=O)[nH]c1=O. The molecule has 1 N–H and O–H groups in total. The standard InChI is InChI=1S/C7H9N3O2S/c1-5-6(12)8-7(10-9-5)13-4-2-3-11/h3H,2,4H2,1H3,(H,8,10,12). The minimum Gasteiger partial charge on any atom is -0.303 e. The number of aryl methyl sites for hydroxylation is 1. The van der Waals surface area contributed by atoms with Crippen molar-refractivity contribution in [3.05, 3.63) is 16.0 Å². The van der Waals surface area contributed by atoms with E-state index in [2.05, 4.69) is 15.2 Å². The minimum atomic E-state index is -0.233. The largest absolute Gasteiger partial charge is 0.303 e. The van der Waals surface area contributed by atoms with E-state index in [0.29, 0.717) is 23.0 Å². The van der Waals surface area contributed by atoms with Crippen LogP contribution >= 0.6 is 11.8 Å². The second kappa shape index (κ2) is 4.76. The fraction of sp³-hybridized carbons (Fsp3) is 0.429. The predicted molar refractivity (Wildman–Crippen MR) is 48.8 cm³/mol. The number of hydrogen-bond donors (Lipinski definition) is 1. The van der Waals surface area contributed by atoms with Crippen molar-refractivity contribution in [2.45, 2.75) is 18.5 Å². The van der Waals surface area contributed by atoms with Crippen molar-refractivity contribution in [1.82, 2.24) is 15.2 Å². The molecule has 1 heterocycles. The van der Waals surface area contributed by atoms with Gasteiger partial charge in [0, 0.05) is 12.2 Å². The summed E-state index contributed by atoms with van der Waals surface area (Å²) in [4.78, 5) is 23.6. The first-order valence-corrected chi connectivity index (χ1v) is 4.72. The van der Waals surface area contributed by atoms with E-state index >= 15 is 0 Å². The van der Waals surface area contributed by atoms with Crippen molar-refractivity contribution in [2.24, 2.45) is 0 Å². The lowest BCUT2D eigenvalue weighted by Gasteiger charge is -1.96. The quantitative estimate of drug-likeness (QED) is 0.424. The van der Waals surface area contributed by atoms with Gasteiger partial charge in [0.15, 0.2) is 5.16 Å². The average Bonchev–Trinajstić information content (AvgIpc) is 2.12. The number of carbonyl (C=O) groups is 1. The summed E-state index contributed by atoms with van der Waals surface area (Å²) < 4.78 is 0. The summed E-state index contributed by atoms with van der Waals surface area (Å²) in [7, 11) is 0. The van der Waals surface area contributed by atoms with Crippen LogP contribution in [0.3, 0.4) is 0 Å². The van der Waals surface area contributed by atoms with E-state index in [4.69, 9.17) is 0 Å². The second-order valence-electron chi connectivity index (χ2n) is 2.35. The summed E-state index contributed by atoms with van der Waals surface area (Å²) >= 11 is 1.31. The third kappa shape index (κ3) is 2.98. The highest BCUT2D eigenvalue weighted by Gasteiger charge is 1.99. The van der Waals surface area contributed by atoms with E-state index in [0.717, 1.165) is 6.29 Å². The lowest BCUT2D eigenvalue weighted by molar-refractivity contribution is -0.107. The number of nitrogens with zero attached hydrogens (tertiary/aromatic N) is 2. The normalized spacial score (nSPS) is 9.92. The molecule has 0 unspecified atom stereocenters. The lowest BCUT2D eigenvalue weighted by Crippen LogP contribution is -2.14. The number of H-pyrrole nitrogens is 1. The van der Waals surface area contributed by atoms with Crippen LogP contribution in [0, 0.1) is 6.92 Å². The molecule has 0 spiro atoms. The highest BCUT2D eigenvalue weighted by molar-refractivity contribution is 7.99. The Morgan fingerprint density at radius 1 is 1.54 bits per heavy atom. The van der Waals surface area contributed by atoms with Crippen LogP contribution in [0.1, 0.15) is 12.1 Å². The van der Waals surface area contributed by atoms with Crippen molar-refractivity contribution in [1.29, 1.82) is 0 Å². The third-order valence-electron chi connectivity index (χ3n) is 1.31. The zero-order valence-electron chi connectivity index (χ0n) is 7.11. The number of thioether (sulfide) groups is 1. The Bertz CT molecular complexity index is 350. The van der Waals surface area contributed by atoms with Crippen LogP contribution in [-0.4, -0.2) is 27.2 Å². The van der Waals surface area contributed by atoms with Crippen molar-refractivity contribution >= 4 is 18.0 Å². The smallest absolute Gasteiger partial charge is 0.273 e. The van der Waals surface area contributed by atoms with Gasteiger partial charge in [-0.15, -0.1) is 10.2 Å². The van der Waals surface area contributed by atoms with E-state index in [9.17, 15) is 9.59 Å². The van der Waals surface area contributed by atoms with Crippen LogP contribution in [0.4, 0.5) is 0 Å². The Morgan fingerprint density at radius 2 is 2.31 bits per heavy atom. The first-order valence-electron chi connectivity index (χ1n) is 3.74. The number of aromatic amines is 1. The number of hydrogen-bond acceptors (Lipinski definition) is 5. The summed E-state index contributed by atoms with van der Waals surface area (Å²) in [6.45, 7) is 1.59. The molecule has 0 bridgehead atoms. The van der Waals surface area contributed by atoms with Gasteiger partial charge in [0.2, 0.25) is 0 Å². The van der Waals surface area contributed by atoms with Crippen LogP contribution in [-0.2, 0) is 4.79 Å². The fourth-order valence-electron chi connectivity index (χ4n) is 0.647. The number of rotatable bonds is 4. The Labute approximate surface area is 79.0 Å². The van der Waals surface area contributed by atoms with E-state index < -0.39 is 0 Å². The molecular weight excluding hydrogens is 190 g/mol. The van der Waals surface area contributed by atoms with E-state index in [-0.39, 0.29) is 5.56 Å². The van der Waals surface area contributed by atoms with Crippen LogP contribution in [0.15, 0.2) is 9.95 Å². The second-order valence-corrected chi connectivity index (χ2v) is 3.43. The van der Waals surface area contributed by atoms with Crippen LogP contribution in [0.25, 0.3) is 0 Å². The molecule has 0 aliphatic carbocycles. The molecule has 6 heteroatoms. The van der Waals surface area contributed by atoms with Gasteiger partial charge < -0.3 is 4.79 Å². The molecule has 0 saturated carbocycles. The molecule has 0 aliphatic rings. The molecule has 5 nitrogen and oxygen atoms in total. The van der Waals surface area contributed by atoms with Crippen LogP contribution in [0.2, 0.25) is 0 Å². The van der Waals surface area contributed by atoms with Crippen molar-refractivity contribution < 1.29 is 4.79 Å². The molecule has 0 fully saturated rings.